The van der Waals surface area contributed by atoms with Crippen molar-refractivity contribution in [3.63, 3.8) is 0 Å². The minimum absolute atomic E-state index is 0.00500. The van der Waals surface area contributed by atoms with Gasteiger partial charge in [-0.3, -0.25) is 24.5 Å². The fourth-order valence-electron chi connectivity index (χ4n) is 9.84. The number of ketones is 1. The summed E-state index contributed by atoms with van der Waals surface area (Å²) < 4.78 is 78.5. The third-order valence-corrected chi connectivity index (χ3v) is 16.0. The zero-order chi connectivity index (χ0) is 49.3. The van der Waals surface area contributed by atoms with E-state index in [4.69, 9.17) is 0 Å². The number of anilines is 2. The number of nitrogens with zero attached hydrogens (tertiary/aromatic N) is 8. The normalized spacial score (nSPS) is 22.6. The number of aromatic nitrogens is 6. The summed E-state index contributed by atoms with van der Waals surface area (Å²) in [7, 11) is 0. The van der Waals surface area contributed by atoms with Gasteiger partial charge in [0, 0.05) is 73.9 Å². The lowest BCUT2D eigenvalue weighted by atomic mass is 9.75. The molecule has 2 saturated heterocycles. The van der Waals surface area contributed by atoms with Crippen LogP contribution in [0, 0.1) is 5.92 Å². The van der Waals surface area contributed by atoms with Gasteiger partial charge in [0.1, 0.15) is 35.5 Å². The van der Waals surface area contributed by atoms with Gasteiger partial charge in [-0.15, -0.1) is 22.7 Å². The van der Waals surface area contributed by atoms with Crippen LogP contribution in [0.4, 0.5) is 38.0 Å². The maximum absolute atomic E-state index is 13.1. The Balaban J connectivity index is 0.000000174. The van der Waals surface area contributed by atoms with Crippen molar-refractivity contribution in [1.82, 2.24) is 45.0 Å². The minimum atomic E-state index is -4.48. The van der Waals surface area contributed by atoms with E-state index in [2.05, 4.69) is 55.7 Å². The summed E-state index contributed by atoms with van der Waals surface area (Å²) in [6, 6.07) is 7.40. The van der Waals surface area contributed by atoms with Crippen LogP contribution in [0.1, 0.15) is 78.7 Å². The van der Waals surface area contributed by atoms with Gasteiger partial charge in [-0.25, -0.2) is 19.9 Å². The van der Waals surface area contributed by atoms with E-state index < -0.39 is 34.7 Å². The Morgan fingerprint density at radius 2 is 1.11 bits per heavy atom. The van der Waals surface area contributed by atoms with E-state index in [1.54, 1.807) is 23.4 Å². The number of amides is 1. The fraction of sp³-hybridized carbons (Fsp3) is 0.489. The summed E-state index contributed by atoms with van der Waals surface area (Å²) in [4.78, 5) is 55.8. The monoisotopic (exact) mass is 1010 g/mol. The predicted octanol–water partition coefficient (Wildman–Crippen LogP) is 7.39. The van der Waals surface area contributed by atoms with Gasteiger partial charge in [0.15, 0.2) is 5.78 Å². The molecule has 15 nitrogen and oxygen atoms in total. The van der Waals surface area contributed by atoms with Crippen LogP contribution < -0.4 is 16.0 Å². The second kappa shape index (κ2) is 20.3. The van der Waals surface area contributed by atoms with Crippen molar-refractivity contribution < 1.29 is 46.1 Å². The molecule has 2 aliphatic heterocycles. The summed E-state index contributed by atoms with van der Waals surface area (Å²) in [6.45, 7) is 3.14. The molecule has 6 aromatic rings. The number of Topliss-reactive ketones (excluding diaryl/α,β-unsaturated/α-hetero) is 1. The molecule has 0 atom stereocenters. The van der Waals surface area contributed by atoms with Crippen LogP contribution in [0.15, 0.2) is 72.5 Å². The first-order valence-electron chi connectivity index (χ1n) is 23.1. The molecule has 2 aromatic carbocycles. The van der Waals surface area contributed by atoms with Gasteiger partial charge >= 0.3 is 12.4 Å². The number of nitrogens with one attached hydrogen (secondary N) is 3. The standard InChI is InChI=1S/C24H26F3N5O2S.C23H25F3N6O2S/c25-24(26,27)16-1-2-20-19(10-16)22(31-13-30-20)29-11-18(33)9-15-7-17(8-15)32-5-3-23(34,4-6-32)21-12-28-14-35-21;24-23(25,26)14-1-2-18-17(7-14)21(30-12-29-18)28-11-20(33)31-15-8-16(9-15)32-5-3-22(34,4-6-32)19-10-27-13-35-19/h1-2,10,12-15,17,34H,3-9,11H2,(H,29,30,31);1-2,7,10,12-13,15-16,34H,3-6,8-9,11H2,(H,31,33)(H,28,29,30). The minimum Gasteiger partial charge on any atom is -0.384 e. The predicted molar refractivity (Wildman–Crippen MR) is 251 cm³/mol. The molecular formula is C47H51F6N11O4S2. The quantitative estimate of drug-likeness (QED) is 0.0719. The molecule has 23 heteroatoms. The zero-order valence-electron chi connectivity index (χ0n) is 37.7. The molecule has 1 amide bonds. The number of hydrogen-bond donors (Lipinski definition) is 5. The van der Waals surface area contributed by atoms with Crippen molar-refractivity contribution in [2.45, 2.75) is 99.5 Å². The van der Waals surface area contributed by atoms with Crippen LogP contribution in [-0.2, 0) is 33.1 Å². The van der Waals surface area contributed by atoms with E-state index in [1.807, 2.05) is 0 Å². The average molecular weight is 1010 g/mol. The maximum atomic E-state index is 13.1. The van der Waals surface area contributed by atoms with E-state index in [9.17, 15) is 46.1 Å². The topological polar surface area (TPSA) is 195 Å². The van der Waals surface area contributed by atoms with Gasteiger partial charge in [0.05, 0.1) is 56.0 Å². The van der Waals surface area contributed by atoms with Crippen LogP contribution in [0.5, 0.6) is 0 Å². The van der Waals surface area contributed by atoms with E-state index in [-0.39, 0.29) is 53.2 Å². The van der Waals surface area contributed by atoms with Crippen molar-refractivity contribution in [2.24, 2.45) is 5.92 Å². The molecule has 4 aromatic heterocycles. The molecule has 0 bridgehead atoms. The maximum Gasteiger partial charge on any atom is 0.416 e. The molecule has 70 heavy (non-hydrogen) atoms. The number of piperidine rings is 2. The van der Waals surface area contributed by atoms with E-state index in [0.717, 1.165) is 85.9 Å². The van der Waals surface area contributed by atoms with Crippen LogP contribution in [-0.4, -0.2) is 119 Å². The summed E-state index contributed by atoms with van der Waals surface area (Å²) >= 11 is 2.97. The van der Waals surface area contributed by atoms with E-state index >= 15 is 0 Å². The highest BCUT2D eigenvalue weighted by molar-refractivity contribution is 7.10. The number of hydrogen-bond acceptors (Lipinski definition) is 16. The van der Waals surface area contributed by atoms with Gasteiger partial charge in [0.25, 0.3) is 0 Å². The SMILES string of the molecule is O=C(CNc1ncnc2ccc(C(F)(F)F)cc12)CC1CC(N2CCC(O)(c3cncs3)CC2)C1.O=C(CNc1ncnc2ccc(C(F)(F)F)cc12)NC1CC(N2CCC(O)(c3cncs3)CC2)C1. The number of aliphatic hydroxyl groups is 2. The molecule has 0 radical (unpaired) electrons. The third kappa shape index (κ3) is 11.3. The van der Waals surface area contributed by atoms with Gasteiger partial charge < -0.3 is 31.1 Å². The van der Waals surface area contributed by atoms with Crippen LogP contribution in [0.3, 0.4) is 0 Å². The Morgan fingerprint density at radius 1 is 0.657 bits per heavy atom. The highest BCUT2D eigenvalue weighted by Gasteiger charge is 2.43. The number of alkyl halides is 6. The van der Waals surface area contributed by atoms with Crippen molar-refractivity contribution >= 4 is 67.8 Å². The third-order valence-electron chi connectivity index (χ3n) is 14.1. The number of thiazole rings is 2. The molecule has 372 valence electrons. The molecule has 6 heterocycles. The van der Waals surface area contributed by atoms with E-state index in [1.165, 1.54) is 47.5 Å². The first kappa shape index (κ1) is 49.5. The molecule has 10 rings (SSSR count). The largest absolute Gasteiger partial charge is 0.416 e. The summed E-state index contributed by atoms with van der Waals surface area (Å²) in [5.74, 6) is 0.471. The Kier molecular flexibility index (Phi) is 14.4. The van der Waals surface area contributed by atoms with Crippen LogP contribution >= 0.6 is 22.7 Å². The Morgan fingerprint density at radius 3 is 1.56 bits per heavy atom. The molecule has 0 unspecified atom stereocenters. The Labute approximate surface area is 406 Å². The smallest absolute Gasteiger partial charge is 0.384 e. The molecule has 2 aliphatic carbocycles. The molecule has 4 aliphatic rings. The Hall–Kier alpha value is -5.46. The first-order valence-corrected chi connectivity index (χ1v) is 24.8. The Bertz CT molecular complexity index is 2570. The van der Waals surface area contributed by atoms with Gasteiger partial charge in [-0.2, -0.15) is 26.3 Å². The van der Waals surface area contributed by atoms with Crippen LogP contribution in [0.2, 0.25) is 0 Å². The average Bonchev–Trinajstić information content (AvgIpc) is 4.08. The van der Waals surface area contributed by atoms with Crippen molar-refractivity contribution in [3.05, 3.63) is 93.3 Å². The number of carbonyl (C=O) groups is 2. The highest BCUT2D eigenvalue weighted by atomic mass is 32.1. The second-order valence-corrected chi connectivity index (χ2v) is 20.4. The number of benzene rings is 2. The molecule has 2 saturated carbocycles. The molecule has 5 N–H and O–H groups in total. The number of fused-ring (bicyclic) bond motifs is 2. The fourth-order valence-corrected chi connectivity index (χ4v) is 11.4. The lowest BCUT2D eigenvalue weighted by Crippen LogP contribution is -2.57. The number of halogens is 6. The van der Waals surface area contributed by atoms with Crippen molar-refractivity contribution in [1.29, 1.82) is 0 Å². The van der Waals surface area contributed by atoms with Crippen molar-refractivity contribution in [2.75, 3.05) is 49.9 Å². The molecule has 4 fully saturated rings. The summed E-state index contributed by atoms with van der Waals surface area (Å²) in [5, 5.41) is 30.9. The zero-order valence-corrected chi connectivity index (χ0v) is 39.4. The number of likely N-dealkylation sites (tertiary alicyclic amines) is 2. The summed E-state index contributed by atoms with van der Waals surface area (Å²) in [5.41, 5.74) is 1.07. The first-order chi connectivity index (χ1) is 33.4. The van der Waals surface area contributed by atoms with E-state index in [0.29, 0.717) is 61.1 Å². The lowest BCUT2D eigenvalue weighted by molar-refractivity contribution is -0.138. The van der Waals surface area contributed by atoms with Gasteiger partial charge in [0.2, 0.25) is 5.91 Å². The van der Waals surface area contributed by atoms with Crippen LogP contribution in [0.25, 0.3) is 21.8 Å². The van der Waals surface area contributed by atoms with Crippen molar-refractivity contribution in [3.8, 4) is 0 Å². The number of carbonyl (C=O) groups excluding carboxylic acids is 2. The summed E-state index contributed by atoms with van der Waals surface area (Å²) in [6.07, 6.45) is 3.73. The lowest BCUT2D eigenvalue weighted by Gasteiger charge is -2.47. The number of rotatable bonds is 13. The molecular weight excluding hydrogens is 961 g/mol. The molecule has 0 spiro atoms. The van der Waals surface area contributed by atoms with Gasteiger partial charge in [-0.1, -0.05) is 0 Å². The second-order valence-electron chi connectivity index (χ2n) is 18.6. The highest BCUT2D eigenvalue weighted by Crippen LogP contribution is 2.42. The van der Waals surface area contributed by atoms with Gasteiger partial charge in [-0.05, 0) is 93.7 Å².